The van der Waals surface area contributed by atoms with Crippen LogP contribution in [0.1, 0.15) is 38.8 Å². The molecule has 22 heavy (non-hydrogen) atoms. The first-order valence-corrected chi connectivity index (χ1v) is 7.16. The number of hydrogen-bond acceptors (Lipinski definition) is 4. The Kier molecular flexibility index (Phi) is 4.43. The Morgan fingerprint density at radius 3 is 2.41 bits per heavy atom. The first-order valence-electron chi connectivity index (χ1n) is 7.16. The second-order valence-corrected chi connectivity index (χ2v) is 6.36. The van der Waals surface area contributed by atoms with Gasteiger partial charge in [-0.3, -0.25) is 0 Å². The summed E-state index contributed by atoms with van der Waals surface area (Å²) in [5.41, 5.74) is 6.13. The summed E-state index contributed by atoms with van der Waals surface area (Å²) in [4.78, 5) is 0. The van der Waals surface area contributed by atoms with Crippen LogP contribution >= 0.6 is 0 Å². The van der Waals surface area contributed by atoms with Crippen LogP contribution < -0.4 is 5.73 Å². The minimum Gasteiger partial charge on any atom is -0.400 e. The molecule has 0 unspecified atom stereocenters. The molecule has 2 rings (SSSR count). The van der Waals surface area contributed by atoms with Crippen LogP contribution in [0.2, 0.25) is 0 Å². The number of halogens is 1. The lowest BCUT2D eigenvalue weighted by molar-refractivity contribution is 0.00578. The van der Waals surface area contributed by atoms with Crippen LogP contribution in [0.25, 0.3) is 6.08 Å². The minimum absolute atomic E-state index is 0.174. The lowest BCUT2D eigenvalue weighted by atomic mass is 9.77. The summed E-state index contributed by atoms with van der Waals surface area (Å²) in [5, 5.41) is 8.93. The number of rotatable bonds is 3. The molecule has 1 aliphatic rings. The Labute approximate surface area is 130 Å². The molecule has 0 bridgehead atoms. The van der Waals surface area contributed by atoms with Crippen molar-refractivity contribution in [3.05, 3.63) is 40.6 Å². The van der Waals surface area contributed by atoms with Crippen LogP contribution in [-0.2, 0) is 9.31 Å². The molecule has 0 spiro atoms. The molecule has 0 amide bonds. The molecule has 1 aromatic rings. The van der Waals surface area contributed by atoms with E-state index in [9.17, 15) is 4.39 Å². The molecule has 1 aromatic carbocycles. The Morgan fingerprint density at radius 2 is 1.91 bits per heavy atom. The average molecular weight is 302 g/mol. The van der Waals surface area contributed by atoms with Gasteiger partial charge in [0.05, 0.1) is 22.8 Å². The third kappa shape index (κ3) is 3.07. The van der Waals surface area contributed by atoms with E-state index in [0.717, 1.165) is 0 Å². The summed E-state index contributed by atoms with van der Waals surface area (Å²) in [6.45, 7) is 7.94. The predicted molar refractivity (Wildman–Crippen MR) is 84.2 cm³/mol. The van der Waals surface area contributed by atoms with E-state index < -0.39 is 24.1 Å². The maximum atomic E-state index is 13.9. The molecular weight excluding hydrogens is 282 g/mol. The Morgan fingerprint density at radius 1 is 1.32 bits per heavy atom. The number of nitriles is 1. The zero-order valence-electron chi connectivity index (χ0n) is 13.3. The summed E-state index contributed by atoms with van der Waals surface area (Å²) >= 11 is 0. The lowest BCUT2D eigenvalue weighted by Gasteiger charge is -2.32. The molecule has 0 radical (unpaired) electrons. The first-order chi connectivity index (χ1) is 10.2. The summed E-state index contributed by atoms with van der Waals surface area (Å²) < 4.78 is 25.8. The van der Waals surface area contributed by atoms with Gasteiger partial charge >= 0.3 is 7.12 Å². The zero-order valence-corrected chi connectivity index (χ0v) is 13.3. The predicted octanol–water partition coefficient (Wildman–Crippen LogP) is 2.67. The van der Waals surface area contributed by atoms with Crippen LogP contribution in [0.3, 0.4) is 0 Å². The van der Waals surface area contributed by atoms with Crippen molar-refractivity contribution in [1.29, 1.82) is 5.26 Å². The number of nitrogens with zero attached hydrogens (tertiary/aromatic N) is 1. The Bertz CT molecular complexity index is 634. The third-order valence-corrected chi connectivity index (χ3v) is 4.26. The van der Waals surface area contributed by atoms with Crippen LogP contribution in [-0.4, -0.2) is 24.9 Å². The second-order valence-electron chi connectivity index (χ2n) is 6.36. The van der Waals surface area contributed by atoms with Gasteiger partial charge in [0.15, 0.2) is 0 Å². The molecule has 0 aromatic heterocycles. The third-order valence-electron chi connectivity index (χ3n) is 4.26. The standard InChI is InChI=1S/C16H20BFN2O2/c1-15(2)16(3,4)22-17(21-15)13(10-20)8-12-7-11(9-19)5-6-14(12)18/h5-8H,10,20H2,1-4H3. The Balaban J connectivity index is 2.36. The van der Waals surface area contributed by atoms with E-state index in [0.29, 0.717) is 16.6 Å². The van der Waals surface area contributed by atoms with Crippen LogP contribution in [0, 0.1) is 17.1 Å². The van der Waals surface area contributed by atoms with Gasteiger partial charge in [-0.15, -0.1) is 0 Å². The molecule has 0 saturated carbocycles. The highest BCUT2D eigenvalue weighted by Gasteiger charge is 2.52. The van der Waals surface area contributed by atoms with Crippen molar-refractivity contribution in [2.75, 3.05) is 6.54 Å². The molecule has 1 fully saturated rings. The second kappa shape index (κ2) is 5.84. The maximum absolute atomic E-state index is 13.9. The molecule has 6 heteroatoms. The zero-order chi connectivity index (χ0) is 16.5. The van der Waals surface area contributed by atoms with Gasteiger partial charge in [-0.25, -0.2) is 4.39 Å². The van der Waals surface area contributed by atoms with Gasteiger partial charge in [-0.1, -0.05) is 6.08 Å². The van der Waals surface area contributed by atoms with Crippen molar-refractivity contribution in [1.82, 2.24) is 0 Å². The summed E-state index contributed by atoms with van der Waals surface area (Å²) in [7, 11) is -0.625. The number of hydrogen-bond donors (Lipinski definition) is 1. The summed E-state index contributed by atoms with van der Waals surface area (Å²) in [5.74, 6) is -0.415. The molecule has 1 heterocycles. The van der Waals surface area contributed by atoms with Crippen molar-refractivity contribution in [2.24, 2.45) is 5.73 Å². The van der Waals surface area contributed by atoms with Gasteiger partial charge in [0.25, 0.3) is 0 Å². The van der Waals surface area contributed by atoms with Gasteiger partial charge in [-0.05, 0) is 51.4 Å². The van der Waals surface area contributed by atoms with E-state index in [-0.39, 0.29) is 6.54 Å². The molecule has 2 N–H and O–H groups in total. The van der Waals surface area contributed by atoms with E-state index in [2.05, 4.69) is 0 Å². The van der Waals surface area contributed by atoms with E-state index >= 15 is 0 Å². The molecular formula is C16H20BFN2O2. The quantitative estimate of drug-likeness (QED) is 0.872. The molecule has 116 valence electrons. The minimum atomic E-state index is -0.625. The molecule has 4 nitrogen and oxygen atoms in total. The average Bonchev–Trinajstić information content (AvgIpc) is 2.66. The van der Waals surface area contributed by atoms with Crippen molar-refractivity contribution < 1.29 is 13.7 Å². The van der Waals surface area contributed by atoms with Crippen molar-refractivity contribution in [3.63, 3.8) is 0 Å². The molecule has 0 aliphatic carbocycles. The first kappa shape index (κ1) is 16.7. The van der Waals surface area contributed by atoms with Crippen LogP contribution in [0.5, 0.6) is 0 Å². The largest absolute Gasteiger partial charge is 0.491 e. The number of benzene rings is 1. The lowest BCUT2D eigenvalue weighted by Crippen LogP contribution is -2.41. The van der Waals surface area contributed by atoms with Crippen molar-refractivity contribution >= 4 is 13.2 Å². The van der Waals surface area contributed by atoms with Gasteiger partial charge < -0.3 is 15.0 Å². The van der Waals surface area contributed by atoms with E-state index in [1.165, 1.54) is 18.2 Å². The highest BCUT2D eigenvalue weighted by atomic mass is 19.1. The highest BCUT2D eigenvalue weighted by Crippen LogP contribution is 2.38. The molecule has 0 atom stereocenters. The molecule has 1 saturated heterocycles. The van der Waals surface area contributed by atoms with Gasteiger partial charge in [0.1, 0.15) is 5.82 Å². The smallest absolute Gasteiger partial charge is 0.400 e. The molecule has 1 aliphatic heterocycles. The fourth-order valence-corrected chi connectivity index (χ4v) is 2.14. The topological polar surface area (TPSA) is 68.3 Å². The normalized spacial score (nSPS) is 20.0. The van der Waals surface area contributed by atoms with Gasteiger partial charge in [0, 0.05) is 12.1 Å². The fraction of sp³-hybridized carbons (Fsp3) is 0.438. The fourth-order valence-electron chi connectivity index (χ4n) is 2.14. The highest BCUT2D eigenvalue weighted by molar-refractivity contribution is 6.55. The van der Waals surface area contributed by atoms with Crippen LogP contribution in [0.4, 0.5) is 4.39 Å². The van der Waals surface area contributed by atoms with Gasteiger partial charge in [0.2, 0.25) is 0 Å². The summed E-state index contributed by atoms with van der Waals surface area (Å²) in [6.07, 6.45) is 1.60. The van der Waals surface area contributed by atoms with Crippen LogP contribution in [0.15, 0.2) is 23.7 Å². The van der Waals surface area contributed by atoms with Crippen molar-refractivity contribution in [3.8, 4) is 6.07 Å². The SMILES string of the molecule is CC1(C)OB(C(=Cc2cc(C#N)ccc2F)CN)OC1(C)C. The van der Waals surface area contributed by atoms with Gasteiger partial charge in [-0.2, -0.15) is 5.26 Å². The summed E-state index contributed by atoms with van der Waals surface area (Å²) in [6, 6.07) is 6.17. The van der Waals surface area contributed by atoms with E-state index in [4.69, 9.17) is 20.3 Å². The Hall–Kier alpha value is -1.68. The van der Waals surface area contributed by atoms with Crippen molar-refractivity contribution in [2.45, 2.75) is 38.9 Å². The monoisotopic (exact) mass is 302 g/mol. The maximum Gasteiger partial charge on any atom is 0.491 e. The van der Waals surface area contributed by atoms with E-state index in [1.54, 1.807) is 6.08 Å². The van der Waals surface area contributed by atoms with E-state index in [1.807, 2.05) is 33.8 Å². The number of nitrogens with two attached hydrogens (primary N) is 1.